The molecule has 2 rings (SSSR count). The smallest absolute Gasteiger partial charge is 0.326 e. The summed E-state index contributed by atoms with van der Waals surface area (Å²) in [5.41, 5.74) is 0.318. The summed E-state index contributed by atoms with van der Waals surface area (Å²) in [6.45, 7) is 0. The number of carbonyl (C=O) groups excluding carboxylic acids is 1. The van der Waals surface area contributed by atoms with E-state index in [0.717, 1.165) is 6.07 Å². The van der Waals surface area contributed by atoms with Crippen molar-refractivity contribution >= 4 is 29.2 Å². The topological polar surface area (TPSA) is 57.6 Å². The van der Waals surface area contributed by atoms with Crippen molar-refractivity contribution in [3.63, 3.8) is 0 Å². The van der Waals surface area contributed by atoms with Gasteiger partial charge in [0.1, 0.15) is 11.9 Å². The number of carboxylic acid groups (broad SMARTS) is 1. The Balaban J connectivity index is 2.40. The third-order valence-electron chi connectivity index (χ3n) is 2.91. The molecule has 0 aliphatic carbocycles. The molecule has 96 valence electrons. The summed E-state index contributed by atoms with van der Waals surface area (Å²) < 4.78 is 13.1. The second-order valence-electron chi connectivity index (χ2n) is 4.11. The highest BCUT2D eigenvalue weighted by Crippen LogP contribution is 2.29. The normalized spacial score (nSPS) is 20.0. The fourth-order valence-electron chi connectivity index (χ4n) is 2.06. The highest BCUT2D eigenvalue weighted by molar-refractivity contribution is 6.31. The molecule has 0 aromatic heterocycles. The zero-order valence-corrected chi connectivity index (χ0v) is 10.2. The summed E-state index contributed by atoms with van der Waals surface area (Å²) in [6.07, 6.45) is 1.22. The fraction of sp³-hybridized carbons (Fsp3) is 0.333. The van der Waals surface area contributed by atoms with E-state index in [4.69, 9.17) is 16.7 Å². The van der Waals surface area contributed by atoms with Crippen molar-refractivity contribution < 1.29 is 19.1 Å². The van der Waals surface area contributed by atoms with Crippen molar-refractivity contribution in [2.45, 2.75) is 25.3 Å². The maximum Gasteiger partial charge on any atom is 0.326 e. The molecule has 1 aliphatic heterocycles. The van der Waals surface area contributed by atoms with E-state index in [9.17, 15) is 14.0 Å². The Labute approximate surface area is 108 Å². The van der Waals surface area contributed by atoms with Gasteiger partial charge in [0.15, 0.2) is 0 Å². The van der Waals surface area contributed by atoms with E-state index in [-0.39, 0.29) is 10.9 Å². The quantitative estimate of drug-likeness (QED) is 0.899. The molecule has 1 aromatic carbocycles. The van der Waals surface area contributed by atoms with Gasteiger partial charge < -0.3 is 5.11 Å². The van der Waals surface area contributed by atoms with E-state index in [0.29, 0.717) is 24.9 Å². The summed E-state index contributed by atoms with van der Waals surface area (Å²) in [4.78, 5) is 24.1. The number of carboxylic acids is 1. The number of amides is 1. The molecule has 18 heavy (non-hydrogen) atoms. The van der Waals surface area contributed by atoms with Crippen molar-refractivity contribution in [1.82, 2.24) is 0 Å². The standard InChI is InChI=1S/C12H11ClFNO3/c13-8-6-7(4-5-9(8)14)15-10(12(17)18)2-1-3-11(15)16/h4-6,10H,1-3H2,(H,17,18). The number of carbonyl (C=O) groups is 2. The van der Waals surface area contributed by atoms with Crippen LogP contribution in [0.1, 0.15) is 19.3 Å². The van der Waals surface area contributed by atoms with Crippen LogP contribution in [0.3, 0.4) is 0 Å². The van der Waals surface area contributed by atoms with E-state index in [1.807, 2.05) is 0 Å². The van der Waals surface area contributed by atoms with Crippen LogP contribution in [0.4, 0.5) is 10.1 Å². The lowest BCUT2D eigenvalue weighted by atomic mass is 10.0. The molecule has 6 heteroatoms. The number of halogens is 2. The van der Waals surface area contributed by atoms with E-state index < -0.39 is 17.8 Å². The summed E-state index contributed by atoms with van der Waals surface area (Å²) >= 11 is 5.65. The molecule has 1 amide bonds. The van der Waals surface area contributed by atoms with Crippen LogP contribution >= 0.6 is 11.6 Å². The Morgan fingerprint density at radius 3 is 2.83 bits per heavy atom. The van der Waals surface area contributed by atoms with Crippen LogP contribution in [-0.4, -0.2) is 23.0 Å². The van der Waals surface area contributed by atoms with Gasteiger partial charge in [-0.05, 0) is 31.0 Å². The molecule has 1 fully saturated rings. The lowest BCUT2D eigenvalue weighted by molar-refractivity contribution is -0.141. The number of hydrogen-bond donors (Lipinski definition) is 1. The third-order valence-corrected chi connectivity index (χ3v) is 3.20. The molecule has 1 saturated heterocycles. The maximum absolute atomic E-state index is 13.1. The Morgan fingerprint density at radius 2 is 2.22 bits per heavy atom. The zero-order chi connectivity index (χ0) is 13.3. The molecular weight excluding hydrogens is 261 g/mol. The van der Waals surface area contributed by atoms with Crippen molar-refractivity contribution in [2.24, 2.45) is 0 Å². The lowest BCUT2D eigenvalue weighted by Crippen LogP contribution is -2.48. The number of nitrogens with zero attached hydrogens (tertiary/aromatic N) is 1. The van der Waals surface area contributed by atoms with E-state index in [1.165, 1.54) is 17.0 Å². The maximum atomic E-state index is 13.1. The van der Waals surface area contributed by atoms with Gasteiger partial charge in [0.2, 0.25) is 5.91 Å². The second-order valence-corrected chi connectivity index (χ2v) is 4.52. The van der Waals surface area contributed by atoms with Crippen LogP contribution in [0, 0.1) is 5.82 Å². The van der Waals surface area contributed by atoms with Gasteiger partial charge in [-0.3, -0.25) is 9.69 Å². The minimum absolute atomic E-state index is 0.130. The highest BCUT2D eigenvalue weighted by Gasteiger charge is 2.34. The van der Waals surface area contributed by atoms with Crippen molar-refractivity contribution in [1.29, 1.82) is 0 Å². The van der Waals surface area contributed by atoms with E-state index in [2.05, 4.69) is 0 Å². The number of aliphatic carboxylic acids is 1. The number of benzene rings is 1. The Hall–Kier alpha value is -1.62. The Kier molecular flexibility index (Phi) is 3.52. The molecule has 1 atom stereocenters. The van der Waals surface area contributed by atoms with E-state index >= 15 is 0 Å². The minimum atomic E-state index is -1.07. The van der Waals surface area contributed by atoms with Gasteiger partial charge in [-0.2, -0.15) is 0 Å². The van der Waals surface area contributed by atoms with Crippen LogP contribution in [0.25, 0.3) is 0 Å². The summed E-state index contributed by atoms with van der Waals surface area (Å²) in [5.74, 6) is -1.95. The molecule has 0 radical (unpaired) electrons. The van der Waals surface area contributed by atoms with Gasteiger partial charge in [-0.25, -0.2) is 9.18 Å². The molecular formula is C12H11ClFNO3. The fourth-order valence-corrected chi connectivity index (χ4v) is 2.24. The Bertz CT molecular complexity index is 506. The molecule has 0 saturated carbocycles. The first-order valence-electron chi connectivity index (χ1n) is 5.50. The van der Waals surface area contributed by atoms with Crippen LogP contribution in [0.15, 0.2) is 18.2 Å². The van der Waals surface area contributed by atoms with Crippen molar-refractivity contribution in [3.05, 3.63) is 29.0 Å². The third kappa shape index (κ3) is 2.31. The number of rotatable bonds is 2. The largest absolute Gasteiger partial charge is 0.480 e. The number of piperidine rings is 1. The number of anilines is 1. The highest BCUT2D eigenvalue weighted by atomic mass is 35.5. The minimum Gasteiger partial charge on any atom is -0.480 e. The predicted octanol–water partition coefficient (Wildman–Crippen LogP) is 2.45. The first kappa shape index (κ1) is 12.8. The molecule has 1 aromatic rings. The van der Waals surface area contributed by atoms with Crippen LogP contribution in [0.2, 0.25) is 5.02 Å². The van der Waals surface area contributed by atoms with Gasteiger partial charge in [0.25, 0.3) is 0 Å². The van der Waals surface area contributed by atoms with Gasteiger partial charge in [-0.1, -0.05) is 11.6 Å². The molecule has 0 bridgehead atoms. The van der Waals surface area contributed by atoms with Gasteiger partial charge in [0, 0.05) is 12.1 Å². The average molecular weight is 272 g/mol. The molecule has 4 nitrogen and oxygen atoms in total. The van der Waals surface area contributed by atoms with Crippen molar-refractivity contribution in [2.75, 3.05) is 4.90 Å². The summed E-state index contributed by atoms with van der Waals surface area (Å²) in [5, 5.41) is 8.98. The summed E-state index contributed by atoms with van der Waals surface area (Å²) in [6, 6.07) is 2.85. The van der Waals surface area contributed by atoms with Gasteiger partial charge >= 0.3 is 5.97 Å². The second kappa shape index (κ2) is 4.94. The lowest BCUT2D eigenvalue weighted by Gasteiger charge is -2.33. The van der Waals surface area contributed by atoms with Gasteiger partial charge in [0.05, 0.1) is 5.02 Å². The monoisotopic (exact) mass is 271 g/mol. The molecule has 1 heterocycles. The Morgan fingerprint density at radius 1 is 1.50 bits per heavy atom. The van der Waals surface area contributed by atoms with Crippen LogP contribution in [0.5, 0.6) is 0 Å². The zero-order valence-electron chi connectivity index (χ0n) is 9.40. The van der Waals surface area contributed by atoms with Crippen molar-refractivity contribution in [3.8, 4) is 0 Å². The summed E-state index contributed by atoms with van der Waals surface area (Å²) in [7, 11) is 0. The first-order chi connectivity index (χ1) is 8.50. The predicted molar refractivity (Wildman–Crippen MR) is 64.2 cm³/mol. The van der Waals surface area contributed by atoms with Gasteiger partial charge in [-0.15, -0.1) is 0 Å². The average Bonchev–Trinajstić information content (AvgIpc) is 2.32. The molecule has 0 spiro atoms. The molecule has 1 N–H and O–H groups in total. The SMILES string of the molecule is O=C(O)C1CCCC(=O)N1c1ccc(F)c(Cl)c1. The van der Waals surface area contributed by atoms with Crippen LogP contribution in [-0.2, 0) is 9.59 Å². The van der Waals surface area contributed by atoms with E-state index in [1.54, 1.807) is 0 Å². The molecule has 1 aliphatic rings. The molecule has 1 unspecified atom stereocenters. The first-order valence-corrected chi connectivity index (χ1v) is 5.88. The van der Waals surface area contributed by atoms with Crippen LogP contribution < -0.4 is 4.90 Å². The number of hydrogen-bond acceptors (Lipinski definition) is 2.